The Balaban J connectivity index is 1.64. The average Bonchev–Trinajstić information content (AvgIpc) is 2.71. The molecule has 0 bridgehead atoms. The monoisotopic (exact) mass is 395 g/mol. The lowest BCUT2D eigenvalue weighted by Crippen LogP contribution is -2.54. The fourth-order valence-electron chi connectivity index (χ4n) is 4.19. The molecule has 0 saturated carbocycles. The summed E-state index contributed by atoms with van der Waals surface area (Å²) in [5.41, 5.74) is 0.961. The molecule has 2 amide bonds. The Morgan fingerprint density at radius 2 is 1.90 bits per heavy atom. The number of hydrogen-bond acceptors (Lipinski definition) is 3. The predicted molar refractivity (Wildman–Crippen MR) is 118 cm³/mol. The van der Waals surface area contributed by atoms with Crippen LogP contribution in [0.2, 0.25) is 0 Å². The van der Waals surface area contributed by atoms with E-state index in [1.807, 2.05) is 56.1 Å². The van der Waals surface area contributed by atoms with Crippen molar-refractivity contribution in [3.8, 4) is 0 Å². The number of carbonyl (C=O) groups excluding carboxylic acids is 2. The van der Waals surface area contributed by atoms with Gasteiger partial charge in [-0.2, -0.15) is 0 Å². The highest BCUT2D eigenvalue weighted by molar-refractivity contribution is 5.89. The summed E-state index contributed by atoms with van der Waals surface area (Å²) in [6, 6.07) is 13.7. The van der Waals surface area contributed by atoms with Gasteiger partial charge in [0.05, 0.1) is 6.42 Å². The topological polar surface area (TPSA) is 61.4 Å². The molecule has 2 aromatic rings. The number of piperidine rings is 1. The number of nitrogens with one attached hydrogen (secondary N) is 2. The largest absolute Gasteiger partial charge is 0.344 e. The number of rotatable bonds is 7. The molecule has 0 aromatic heterocycles. The molecule has 5 heteroatoms. The summed E-state index contributed by atoms with van der Waals surface area (Å²) in [4.78, 5) is 27.8. The molecule has 156 valence electrons. The van der Waals surface area contributed by atoms with Crippen LogP contribution in [0.25, 0.3) is 10.8 Å². The first-order chi connectivity index (χ1) is 14.0. The van der Waals surface area contributed by atoms with Crippen molar-refractivity contribution in [2.75, 3.05) is 26.7 Å². The van der Waals surface area contributed by atoms with Gasteiger partial charge >= 0.3 is 0 Å². The minimum atomic E-state index is -0.476. The molecule has 1 aliphatic rings. The second-order valence-corrected chi connectivity index (χ2v) is 8.50. The molecule has 1 fully saturated rings. The van der Waals surface area contributed by atoms with E-state index < -0.39 is 6.04 Å². The molecular weight excluding hydrogens is 362 g/mol. The summed E-state index contributed by atoms with van der Waals surface area (Å²) in [7, 11) is 1.95. The number of benzene rings is 2. The van der Waals surface area contributed by atoms with E-state index in [2.05, 4.69) is 22.8 Å². The summed E-state index contributed by atoms with van der Waals surface area (Å²) in [6.45, 7) is 6.46. The minimum absolute atomic E-state index is 0.0488. The van der Waals surface area contributed by atoms with E-state index >= 15 is 0 Å². The van der Waals surface area contributed by atoms with Crippen LogP contribution in [0.1, 0.15) is 32.3 Å². The molecule has 1 aliphatic heterocycles. The number of carbonyl (C=O) groups is 2. The summed E-state index contributed by atoms with van der Waals surface area (Å²) < 4.78 is 0. The van der Waals surface area contributed by atoms with Crippen molar-refractivity contribution in [2.45, 2.75) is 39.2 Å². The van der Waals surface area contributed by atoms with Crippen LogP contribution >= 0.6 is 0 Å². The Hall–Kier alpha value is -2.40. The number of hydrogen-bond donors (Lipinski definition) is 2. The van der Waals surface area contributed by atoms with Crippen molar-refractivity contribution < 1.29 is 9.59 Å². The van der Waals surface area contributed by atoms with E-state index in [4.69, 9.17) is 0 Å². The second kappa shape index (κ2) is 9.88. The molecule has 2 unspecified atom stereocenters. The third-order valence-electron chi connectivity index (χ3n) is 5.75. The second-order valence-electron chi connectivity index (χ2n) is 8.50. The van der Waals surface area contributed by atoms with Gasteiger partial charge in [0.2, 0.25) is 11.8 Å². The summed E-state index contributed by atoms with van der Waals surface area (Å²) in [6.07, 6.45) is 2.45. The molecule has 29 heavy (non-hydrogen) atoms. The zero-order valence-corrected chi connectivity index (χ0v) is 17.8. The van der Waals surface area contributed by atoms with E-state index in [1.54, 1.807) is 0 Å². The van der Waals surface area contributed by atoms with Crippen LogP contribution in [0.4, 0.5) is 0 Å². The molecule has 0 spiro atoms. The lowest BCUT2D eigenvalue weighted by molar-refractivity contribution is -0.139. The van der Waals surface area contributed by atoms with E-state index in [0.717, 1.165) is 48.8 Å². The van der Waals surface area contributed by atoms with Crippen molar-refractivity contribution in [1.29, 1.82) is 0 Å². The molecule has 2 atom stereocenters. The summed E-state index contributed by atoms with van der Waals surface area (Å²) in [5, 5.41) is 8.51. The van der Waals surface area contributed by atoms with Gasteiger partial charge in [-0.3, -0.25) is 9.59 Å². The molecular formula is C24H33N3O2. The van der Waals surface area contributed by atoms with Crippen LogP contribution in [0.3, 0.4) is 0 Å². The molecule has 2 N–H and O–H groups in total. The van der Waals surface area contributed by atoms with Gasteiger partial charge < -0.3 is 15.5 Å². The van der Waals surface area contributed by atoms with Crippen LogP contribution in [0, 0.1) is 11.8 Å². The highest BCUT2D eigenvalue weighted by atomic mass is 16.2. The summed E-state index contributed by atoms with van der Waals surface area (Å²) in [5.74, 6) is 0.482. The van der Waals surface area contributed by atoms with E-state index in [-0.39, 0.29) is 24.2 Å². The van der Waals surface area contributed by atoms with Gasteiger partial charge in [0.25, 0.3) is 0 Å². The Kier molecular flexibility index (Phi) is 7.26. The highest BCUT2D eigenvalue weighted by Gasteiger charge is 2.31. The third-order valence-corrected chi connectivity index (χ3v) is 5.75. The molecule has 5 nitrogen and oxygen atoms in total. The Labute approximate surface area is 173 Å². The van der Waals surface area contributed by atoms with Crippen LogP contribution in [-0.2, 0) is 16.0 Å². The van der Waals surface area contributed by atoms with Gasteiger partial charge in [0, 0.05) is 13.1 Å². The lowest BCUT2D eigenvalue weighted by atomic mass is 9.95. The molecule has 0 radical (unpaired) electrons. The first-order valence-corrected chi connectivity index (χ1v) is 10.7. The van der Waals surface area contributed by atoms with Gasteiger partial charge in [-0.05, 0) is 54.6 Å². The lowest BCUT2D eigenvalue weighted by Gasteiger charge is -2.36. The number of amides is 2. The first kappa shape index (κ1) is 21.3. The molecule has 2 aromatic carbocycles. The maximum Gasteiger partial charge on any atom is 0.245 e. The zero-order chi connectivity index (χ0) is 20.8. The smallest absolute Gasteiger partial charge is 0.245 e. The maximum absolute atomic E-state index is 13.1. The van der Waals surface area contributed by atoms with Gasteiger partial charge in [-0.1, -0.05) is 56.3 Å². The van der Waals surface area contributed by atoms with Crippen molar-refractivity contribution in [1.82, 2.24) is 15.5 Å². The van der Waals surface area contributed by atoms with E-state index in [9.17, 15) is 9.59 Å². The van der Waals surface area contributed by atoms with Gasteiger partial charge in [-0.25, -0.2) is 0 Å². The van der Waals surface area contributed by atoms with Gasteiger partial charge in [0.15, 0.2) is 0 Å². The molecule has 1 saturated heterocycles. The number of fused-ring (bicyclic) bond motifs is 1. The third kappa shape index (κ3) is 5.57. The highest BCUT2D eigenvalue weighted by Crippen LogP contribution is 2.19. The normalized spacial score (nSPS) is 18.1. The van der Waals surface area contributed by atoms with Gasteiger partial charge in [-0.15, -0.1) is 0 Å². The first-order valence-electron chi connectivity index (χ1n) is 10.7. The quantitative estimate of drug-likeness (QED) is 0.758. The minimum Gasteiger partial charge on any atom is -0.344 e. The van der Waals surface area contributed by atoms with Crippen molar-refractivity contribution in [3.63, 3.8) is 0 Å². The van der Waals surface area contributed by atoms with E-state index in [0.29, 0.717) is 5.92 Å². The zero-order valence-electron chi connectivity index (χ0n) is 17.8. The Bertz CT molecular complexity index is 847. The number of nitrogens with zero attached hydrogens (tertiary/aromatic N) is 1. The summed E-state index contributed by atoms with van der Waals surface area (Å²) >= 11 is 0. The predicted octanol–water partition coefficient (Wildman–Crippen LogP) is 2.98. The molecule has 3 rings (SSSR count). The van der Waals surface area contributed by atoms with Crippen molar-refractivity contribution in [2.24, 2.45) is 11.8 Å². The van der Waals surface area contributed by atoms with Crippen LogP contribution in [-0.4, -0.2) is 49.4 Å². The van der Waals surface area contributed by atoms with Crippen LogP contribution in [0.5, 0.6) is 0 Å². The van der Waals surface area contributed by atoms with Crippen LogP contribution in [0.15, 0.2) is 42.5 Å². The SMILES string of the molecule is CNCC1CCCN(C(=O)C(NC(=O)Cc2ccc3ccccc3c2)C(C)C)C1. The van der Waals surface area contributed by atoms with Crippen molar-refractivity contribution >= 4 is 22.6 Å². The Morgan fingerprint density at radius 3 is 2.62 bits per heavy atom. The molecule has 1 heterocycles. The fourth-order valence-corrected chi connectivity index (χ4v) is 4.19. The van der Waals surface area contributed by atoms with Crippen LogP contribution < -0.4 is 10.6 Å². The Morgan fingerprint density at radius 1 is 1.14 bits per heavy atom. The average molecular weight is 396 g/mol. The maximum atomic E-state index is 13.1. The standard InChI is InChI=1S/C24H33N3O2/c1-17(2)23(24(29)27-12-6-7-19(16-27)15-25-3)26-22(28)14-18-10-11-20-8-4-5-9-21(20)13-18/h4-5,8-11,13,17,19,23,25H,6-7,12,14-16H2,1-3H3,(H,26,28). The van der Waals surface area contributed by atoms with Gasteiger partial charge in [0.1, 0.15) is 6.04 Å². The van der Waals surface area contributed by atoms with Crippen molar-refractivity contribution in [3.05, 3.63) is 48.0 Å². The fraction of sp³-hybridized carbons (Fsp3) is 0.500. The van der Waals surface area contributed by atoms with E-state index in [1.165, 1.54) is 0 Å². The number of likely N-dealkylation sites (tertiary alicyclic amines) is 1. The molecule has 0 aliphatic carbocycles.